The van der Waals surface area contributed by atoms with Gasteiger partial charge in [-0.05, 0) is 18.2 Å². The number of nitriles is 1. The molecule has 0 spiro atoms. The number of rotatable bonds is 3. The zero-order valence-corrected chi connectivity index (χ0v) is 11.2. The lowest BCUT2D eigenvalue weighted by atomic mass is 10.2. The van der Waals surface area contributed by atoms with Crippen molar-refractivity contribution >= 4 is 23.2 Å². The summed E-state index contributed by atoms with van der Waals surface area (Å²) in [6.45, 7) is -0.0112. The molecule has 96 valence electrons. The van der Waals surface area contributed by atoms with Crippen LogP contribution in [0.15, 0.2) is 36.4 Å². The molecule has 5 heteroatoms. The van der Waals surface area contributed by atoms with E-state index in [1.807, 2.05) is 6.07 Å². The van der Waals surface area contributed by atoms with Crippen LogP contribution in [0, 0.1) is 17.1 Å². The van der Waals surface area contributed by atoms with Gasteiger partial charge >= 0.3 is 0 Å². The lowest BCUT2D eigenvalue weighted by Gasteiger charge is -2.10. The summed E-state index contributed by atoms with van der Waals surface area (Å²) in [6, 6.07) is 11.1. The highest BCUT2D eigenvalue weighted by Crippen LogP contribution is 2.32. The molecule has 0 radical (unpaired) electrons. The van der Waals surface area contributed by atoms with Gasteiger partial charge in [-0.25, -0.2) is 4.39 Å². The van der Waals surface area contributed by atoms with Crippen molar-refractivity contribution in [3.63, 3.8) is 0 Å². The van der Waals surface area contributed by atoms with Gasteiger partial charge in [-0.3, -0.25) is 0 Å². The van der Waals surface area contributed by atoms with Crippen LogP contribution in [0.4, 0.5) is 4.39 Å². The minimum Gasteiger partial charge on any atom is -0.486 e. The summed E-state index contributed by atoms with van der Waals surface area (Å²) in [5.74, 6) is -0.164. The largest absolute Gasteiger partial charge is 0.486 e. The van der Waals surface area contributed by atoms with Crippen molar-refractivity contribution in [3.8, 4) is 11.8 Å². The molecular formula is C14H8Cl2FNO. The lowest BCUT2D eigenvalue weighted by molar-refractivity contribution is 0.299. The Morgan fingerprint density at radius 3 is 2.63 bits per heavy atom. The van der Waals surface area contributed by atoms with Crippen molar-refractivity contribution in [2.24, 2.45) is 0 Å². The minimum atomic E-state index is -0.369. The normalized spacial score (nSPS) is 10.0. The molecule has 0 aromatic heterocycles. The maximum atomic E-state index is 13.4. The van der Waals surface area contributed by atoms with E-state index in [0.29, 0.717) is 10.6 Å². The zero-order chi connectivity index (χ0) is 13.8. The monoisotopic (exact) mass is 295 g/mol. The van der Waals surface area contributed by atoms with Gasteiger partial charge < -0.3 is 4.74 Å². The Labute approximate surface area is 119 Å². The smallest absolute Gasteiger partial charge is 0.156 e. The first-order valence-electron chi connectivity index (χ1n) is 5.37. The van der Waals surface area contributed by atoms with Gasteiger partial charge in [-0.1, -0.05) is 41.4 Å². The molecule has 0 atom stereocenters. The molecule has 0 aliphatic heterocycles. The molecule has 0 unspecified atom stereocenters. The SMILES string of the molecule is N#Cc1cc(Cl)cc(Cl)c1OCc1ccccc1F. The standard InChI is InChI=1S/C14H8Cl2FNO/c15-11-5-10(7-18)14(12(16)6-11)19-8-9-3-1-2-4-13(9)17/h1-6H,8H2. The molecule has 2 nitrogen and oxygen atoms in total. The van der Waals surface area contributed by atoms with Crippen LogP contribution >= 0.6 is 23.2 Å². The van der Waals surface area contributed by atoms with Gasteiger partial charge in [0, 0.05) is 10.6 Å². The lowest BCUT2D eigenvalue weighted by Crippen LogP contribution is -2.00. The summed E-state index contributed by atoms with van der Waals surface area (Å²) < 4.78 is 18.9. The first kappa shape index (κ1) is 13.7. The summed E-state index contributed by atoms with van der Waals surface area (Å²) in [5, 5.41) is 9.57. The van der Waals surface area contributed by atoms with Crippen LogP contribution in [0.1, 0.15) is 11.1 Å². The van der Waals surface area contributed by atoms with Gasteiger partial charge in [0.1, 0.15) is 18.5 Å². The Bertz CT molecular complexity index is 652. The van der Waals surface area contributed by atoms with Gasteiger partial charge in [0.2, 0.25) is 0 Å². The Morgan fingerprint density at radius 1 is 1.21 bits per heavy atom. The predicted octanol–water partition coefficient (Wildman–Crippen LogP) is 4.58. The Hall–Kier alpha value is -1.76. The maximum Gasteiger partial charge on any atom is 0.156 e. The summed E-state index contributed by atoms with van der Waals surface area (Å²) in [4.78, 5) is 0. The van der Waals surface area contributed by atoms with E-state index >= 15 is 0 Å². The zero-order valence-electron chi connectivity index (χ0n) is 9.66. The van der Waals surface area contributed by atoms with Crippen molar-refractivity contribution in [2.45, 2.75) is 6.61 Å². The highest BCUT2D eigenvalue weighted by atomic mass is 35.5. The van der Waals surface area contributed by atoms with Crippen molar-refractivity contribution < 1.29 is 9.13 Å². The van der Waals surface area contributed by atoms with Gasteiger partial charge in [-0.15, -0.1) is 0 Å². The third-order valence-corrected chi connectivity index (χ3v) is 2.96. The van der Waals surface area contributed by atoms with E-state index in [4.69, 9.17) is 33.2 Å². The van der Waals surface area contributed by atoms with E-state index < -0.39 is 0 Å². The molecule has 0 N–H and O–H groups in total. The number of hydrogen-bond acceptors (Lipinski definition) is 2. The van der Waals surface area contributed by atoms with Crippen LogP contribution in [0.3, 0.4) is 0 Å². The fourth-order valence-electron chi connectivity index (χ4n) is 1.56. The van der Waals surface area contributed by atoms with Gasteiger partial charge in [-0.2, -0.15) is 5.26 Å². The number of benzene rings is 2. The second kappa shape index (κ2) is 5.92. The molecule has 0 saturated heterocycles. The van der Waals surface area contributed by atoms with E-state index in [2.05, 4.69) is 0 Å². The van der Waals surface area contributed by atoms with Gasteiger partial charge in [0.15, 0.2) is 5.75 Å². The highest BCUT2D eigenvalue weighted by Gasteiger charge is 2.11. The van der Waals surface area contributed by atoms with Crippen LogP contribution in [-0.2, 0) is 6.61 Å². The van der Waals surface area contributed by atoms with E-state index in [9.17, 15) is 4.39 Å². The van der Waals surface area contributed by atoms with Crippen LogP contribution in [0.5, 0.6) is 5.75 Å². The molecule has 0 aliphatic rings. The predicted molar refractivity (Wildman–Crippen MR) is 71.9 cm³/mol. The van der Waals surface area contributed by atoms with Crippen molar-refractivity contribution in [2.75, 3.05) is 0 Å². The van der Waals surface area contributed by atoms with Crippen LogP contribution in [0.2, 0.25) is 10.0 Å². The average molecular weight is 296 g/mol. The van der Waals surface area contributed by atoms with E-state index in [1.54, 1.807) is 18.2 Å². The van der Waals surface area contributed by atoms with E-state index in [0.717, 1.165) is 0 Å². The van der Waals surface area contributed by atoms with E-state index in [1.165, 1.54) is 18.2 Å². The third-order valence-electron chi connectivity index (χ3n) is 2.46. The molecule has 2 rings (SSSR count). The second-order valence-corrected chi connectivity index (χ2v) is 4.60. The van der Waals surface area contributed by atoms with Gasteiger partial charge in [0.25, 0.3) is 0 Å². The summed E-state index contributed by atoms with van der Waals surface area (Å²) in [7, 11) is 0. The van der Waals surface area contributed by atoms with Crippen LogP contribution < -0.4 is 4.74 Å². The number of hydrogen-bond donors (Lipinski definition) is 0. The molecule has 0 heterocycles. The van der Waals surface area contributed by atoms with E-state index in [-0.39, 0.29) is 28.8 Å². The Morgan fingerprint density at radius 2 is 1.95 bits per heavy atom. The molecule has 0 bridgehead atoms. The summed E-state index contributed by atoms with van der Waals surface area (Å²) in [5.41, 5.74) is 0.603. The molecule has 0 aliphatic carbocycles. The number of nitrogens with zero attached hydrogens (tertiary/aromatic N) is 1. The number of ether oxygens (including phenoxy) is 1. The highest BCUT2D eigenvalue weighted by molar-refractivity contribution is 6.35. The third kappa shape index (κ3) is 3.17. The first-order valence-corrected chi connectivity index (χ1v) is 6.12. The van der Waals surface area contributed by atoms with Crippen LogP contribution in [0.25, 0.3) is 0 Å². The summed E-state index contributed by atoms with van der Waals surface area (Å²) in [6.07, 6.45) is 0. The fraction of sp³-hybridized carbons (Fsp3) is 0.0714. The quantitative estimate of drug-likeness (QED) is 0.830. The Balaban J connectivity index is 2.26. The molecule has 0 amide bonds. The van der Waals surface area contributed by atoms with Crippen molar-refractivity contribution in [1.29, 1.82) is 5.26 Å². The molecular weight excluding hydrogens is 288 g/mol. The molecule has 19 heavy (non-hydrogen) atoms. The molecule has 0 fully saturated rings. The first-order chi connectivity index (χ1) is 9.11. The topological polar surface area (TPSA) is 33.0 Å². The fourth-order valence-corrected chi connectivity index (χ4v) is 2.10. The van der Waals surface area contributed by atoms with Crippen LogP contribution in [-0.4, -0.2) is 0 Å². The minimum absolute atomic E-state index is 0.0112. The molecule has 2 aromatic carbocycles. The Kier molecular flexibility index (Phi) is 4.26. The summed E-state index contributed by atoms with van der Waals surface area (Å²) >= 11 is 11.8. The van der Waals surface area contributed by atoms with Crippen molar-refractivity contribution in [1.82, 2.24) is 0 Å². The molecule has 2 aromatic rings. The second-order valence-electron chi connectivity index (χ2n) is 3.76. The average Bonchev–Trinajstić information content (AvgIpc) is 2.38. The van der Waals surface area contributed by atoms with Gasteiger partial charge in [0.05, 0.1) is 10.6 Å². The maximum absolute atomic E-state index is 13.4. The number of halogens is 3. The van der Waals surface area contributed by atoms with Crippen molar-refractivity contribution in [3.05, 3.63) is 63.4 Å². The molecule has 0 saturated carbocycles.